The molecule has 7 heteroatoms. The highest BCUT2D eigenvalue weighted by Gasteiger charge is 2.19. The van der Waals surface area contributed by atoms with Crippen molar-refractivity contribution in [1.29, 1.82) is 5.41 Å². The van der Waals surface area contributed by atoms with Crippen LogP contribution in [0.1, 0.15) is 27.4 Å². The van der Waals surface area contributed by atoms with E-state index in [1.54, 1.807) is 25.5 Å². The Morgan fingerprint density at radius 3 is 2.92 bits per heavy atom. The molecule has 0 fully saturated rings. The third-order valence-corrected chi connectivity index (χ3v) is 3.91. The number of ketones is 1. The third kappa shape index (κ3) is 3.03. The molecule has 0 aliphatic heterocycles. The summed E-state index contributed by atoms with van der Waals surface area (Å²) in [6.45, 7) is 0. The monoisotopic (exact) mass is 337 g/mol. The lowest BCUT2D eigenvalue weighted by Crippen LogP contribution is -2.06. The van der Waals surface area contributed by atoms with Crippen LogP contribution in [0.5, 0.6) is 0 Å². The van der Waals surface area contributed by atoms with Crippen LogP contribution in [0.25, 0.3) is 11.0 Å². The number of nitrogen functional groups attached to an aromatic ring is 1. The molecule has 1 aromatic carbocycles. The van der Waals surface area contributed by atoms with Crippen molar-refractivity contribution in [3.05, 3.63) is 59.2 Å². The van der Waals surface area contributed by atoms with Crippen LogP contribution in [0.15, 0.2) is 41.7 Å². The lowest BCUT2D eigenvalue weighted by atomic mass is 9.99. The number of H-pyrrole nitrogens is 1. The molecule has 2 aromatic heterocycles. The van der Waals surface area contributed by atoms with Gasteiger partial charge in [0.1, 0.15) is 11.5 Å². The second-order valence-electron chi connectivity index (χ2n) is 5.54. The van der Waals surface area contributed by atoms with Crippen LogP contribution in [-0.4, -0.2) is 35.2 Å². The van der Waals surface area contributed by atoms with Gasteiger partial charge in [0.15, 0.2) is 5.78 Å². The van der Waals surface area contributed by atoms with Crippen LogP contribution >= 0.6 is 0 Å². The molecular formula is C18H16FN5O. The highest BCUT2D eigenvalue weighted by atomic mass is 19.1. The maximum absolute atomic E-state index is 14.0. The summed E-state index contributed by atoms with van der Waals surface area (Å²) in [6, 6.07) is 5.65. The number of benzene rings is 1. The average molecular weight is 337 g/mol. The van der Waals surface area contributed by atoms with Crippen molar-refractivity contribution in [2.45, 2.75) is 5.92 Å². The highest BCUT2D eigenvalue weighted by molar-refractivity contribution is 6.16. The van der Waals surface area contributed by atoms with E-state index in [2.05, 4.69) is 15.0 Å². The number of fused-ring (bicyclic) bond motifs is 1. The van der Waals surface area contributed by atoms with Crippen LogP contribution in [0.2, 0.25) is 0 Å². The van der Waals surface area contributed by atoms with Crippen LogP contribution in [0.4, 0.5) is 10.1 Å². The molecule has 25 heavy (non-hydrogen) atoms. The van der Waals surface area contributed by atoms with E-state index in [4.69, 9.17) is 11.1 Å². The fourth-order valence-electron chi connectivity index (χ4n) is 2.64. The molecule has 3 aromatic rings. The Morgan fingerprint density at radius 1 is 1.40 bits per heavy atom. The van der Waals surface area contributed by atoms with Gasteiger partial charge < -0.3 is 16.1 Å². The number of carbonyl (C=O) groups is 1. The summed E-state index contributed by atoms with van der Waals surface area (Å²) in [5.74, 6) is -1.46. The molecule has 0 radical (unpaired) electrons. The Kier molecular flexibility index (Phi) is 4.38. The number of hydrogen-bond donors (Lipinski definition) is 3. The number of anilines is 1. The number of nitrogens with zero attached hydrogens (tertiary/aromatic N) is 2. The maximum Gasteiger partial charge on any atom is 0.198 e. The fourth-order valence-corrected chi connectivity index (χ4v) is 2.64. The van der Waals surface area contributed by atoms with Gasteiger partial charge in [-0.25, -0.2) is 9.37 Å². The minimum absolute atomic E-state index is 0.0926. The first-order valence-corrected chi connectivity index (χ1v) is 7.54. The van der Waals surface area contributed by atoms with Gasteiger partial charge in [0.25, 0.3) is 0 Å². The van der Waals surface area contributed by atoms with Crippen molar-refractivity contribution in [1.82, 2.24) is 9.97 Å². The van der Waals surface area contributed by atoms with Crippen LogP contribution in [0, 0.1) is 11.2 Å². The second kappa shape index (κ2) is 6.64. The first-order valence-electron chi connectivity index (χ1n) is 7.54. The van der Waals surface area contributed by atoms with Crippen LogP contribution in [-0.2, 0) is 0 Å². The minimum Gasteiger partial charge on any atom is -0.399 e. The predicted octanol–water partition coefficient (Wildman–Crippen LogP) is 2.95. The summed E-state index contributed by atoms with van der Waals surface area (Å²) < 4.78 is 14.0. The van der Waals surface area contributed by atoms with Gasteiger partial charge in [-0.2, -0.15) is 0 Å². The van der Waals surface area contributed by atoms with Crippen molar-refractivity contribution >= 4 is 34.9 Å². The number of aliphatic imine (C=N–C) groups is 1. The van der Waals surface area contributed by atoms with E-state index >= 15 is 0 Å². The number of aromatic nitrogens is 2. The van der Waals surface area contributed by atoms with Gasteiger partial charge >= 0.3 is 0 Å². The fraction of sp³-hybridized carbons (Fsp3) is 0.111. The van der Waals surface area contributed by atoms with Crippen molar-refractivity contribution in [3.63, 3.8) is 0 Å². The maximum atomic E-state index is 14.0. The third-order valence-electron chi connectivity index (χ3n) is 3.91. The summed E-state index contributed by atoms with van der Waals surface area (Å²) in [6.07, 6.45) is 5.97. The van der Waals surface area contributed by atoms with Gasteiger partial charge in [-0.3, -0.25) is 9.79 Å². The molecule has 0 saturated heterocycles. The quantitative estimate of drug-likeness (QED) is 0.378. The number of rotatable bonds is 5. The molecule has 1 atom stereocenters. The largest absolute Gasteiger partial charge is 0.399 e. The molecule has 1 unspecified atom stereocenters. The van der Waals surface area contributed by atoms with Crippen molar-refractivity contribution < 1.29 is 9.18 Å². The van der Waals surface area contributed by atoms with Crippen molar-refractivity contribution in [2.24, 2.45) is 4.99 Å². The Balaban J connectivity index is 2.12. The molecule has 6 nitrogen and oxygen atoms in total. The second-order valence-corrected chi connectivity index (χ2v) is 5.54. The molecule has 0 aliphatic rings. The van der Waals surface area contributed by atoms with Gasteiger partial charge in [-0.15, -0.1) is 0 Å². The molecule has 2 heterocycles. The Hall–Kier alpha value is -3.35. The number of nitrogens with two attached hydrogens (primary N) is 1. The topological polar surface area (TPSA) is 108 Å². The van der Waals surface area contributed by atoms with E-state index in [1.807, 2.05) is 0 Å². The lowest BCUT2D eigenvalue weighted by Gasteiger charge is -2.07. The number of aromatic amines is 1. The summed E-state index contributed by atoms with van der Waals surface area (Å²) >= 11 is 0. The predicted molar refractivity (Wildman–Crippen MR) is 96.3 cm³/mol. The average Bonchev–Trinajstić information content (AvgIpc) is 3.04. The molecule has 0 bridgehead atoms. The first kappa shape index (κ1) is 16.5. The SMILES string of the molecule is CN=CC(C=N)c1cnc2[nH]cc(C(=O)c3cc(N)ccc3F)c2c1. The van der Waals surface area contributed by atoms with Gasteiger partial charge in [0.2, 0.25) is 0 Å². The highest BCUT2D eigenvalue weighted by Crippen LogP contribution is 2.25. The normalized spacial score (nSPS) is 12.6. The molecule has 0 spiro atoms. The summed E-state index contributed by atoms with van der Waals surface area (Å²) in [5.41, 5.74) is 7.41. The number of hydrogen-bond acceptors (Lipinski definition) is 5. The molecule has 0 aliphatic carbocycles. The van der Waals surface area contributed by atoms with Crippen molar-refractivity contribution in [2.75, 3.05) is 12.8 Å². The van der Waals surface area contributed by atoms with E-state index in [0.29, 0.717) is 22.3 Å². The van der Waals surface area contributed by atoms with Gasteiger partial charge in [0.05, 0.1) is 11.5 Å². The Labute approximate surface area is 143 Å². The molecule has 3 rings (SSSR count). The zero-order valence-corrected chi connectivity index (χ0v) is 13.5. The molecule has 0 saturated carbocycles. The van der Waals surface area contributed by atoms with Crippen LogP contribution < -0.4 is 5.73 Å². The van der Waals surface area contributed by atoms with E-state index < -0.39 is 11.6 Å². The molecule has 0 amide bonds. The number of carbonyl (C=O) groups excluding carboxylic acids is 1. The van der Waals surface area contributed by atoms with Crippen molar-refractivity contribution in [3.8, 4) is 0 Å². The molecule has 4 N–H and O–H groups in total. The number of halogens is 1. The first-order chi connectivity index (χ1) is 12.0. The zero-order chi connectivity index (χ0) is 18.0. The van der Waals surface area contributed by atoms with E-state index in [0.717, 1.165) is 5.56 Å². The summed E-state index contributed by atoms with van der Waals surface area (Å²) in [4.78, 5) is 23.9. The van der Waals surface area contributed by atoms with Crippen LogP contribution in [0.3, 0.4) is 0 Å². The smallest absolute Gasteiger partial charge is 0.198 e. The van der Waals surface area contributed by atoms with Gasteiger partial charge in [-0.1, -0.05) is 0 Å². The Bertz CT molecular complexity index is 992. The minimum atomic E-state index is -0.631. The van der Waals surface area contributed by atoms with E-state index in [9.17, 15) is 9.18 Å². The lowest BCUT2D eigenvalue weighted by molar-refractivity contribution is 0.103. The molecule has 126 valence electrons. The summed E-state index contributed by atoms with van der Waals surface area (Å²) in [7, 11) is 1.62. The van der Waals surface area contributed by atoms with Gasteiger partial charge in [0, 0.05) is 48.5 Å². The van der Waals surface area contributed by atoms with E-state index in [-0.39, 0.29) is 11.5 Å². The number of pyridine rings is 1. The molecular weight excluding hydrogens is 321 g/mol. The van der Waals surface area contributed by atoms with Gasteiger partial charge in [-0.05, 0) is 29.8 Å². The summed E-state index contributed by atoms with van der Waals surface area (Å²) in [5, 5.41) is 8.07. The zero-order valence-electron chi connectivity index (χ0n) is 13.5. The van der Waals surface area contributed by atoms with E-state index in [1.165, 1.54) is 30.6 Å². The Morgan fingerprint density at radius 2 is 2.20 bits per heavy atom. The standard InChI is InChI=1S/C18H16FN5O/c1-22-7-11(6-20)10-4-13-15(9-24-18(13)23-8-10)17(25)14-5-12(21)2-3-16(14)19/h2-9,11,20H,21H2,1H3,(H,23,24). The number of nitrogens with one attached hydrogen (secondary N) is 2.